The fourth-order valence-electron chi connectivity index (χ4n) is 2.30. The van der Waals surface area contributed by atoms with Gasteiger partial charge in [-0.1, -0.05) is 6.92 Å². The average molecular weight is 156 g/mol. The summed E-state index contributed by atoms with van der Waals surface area (Å²) >= 11 is 0. The van der Waals surface area contributed by atoms with Crippen LogP contribution in [0.5, 0.6) is 0 Å². The van der Waals surface area contributed by atoms with E-state index in [1.165, 1.54) is 0 Å². The molecule has 0 aromatic heterocycles. The van der Waals surface area contributed by atoms with Crippen molar-refractivity contribution in [3.63, 3.8) is 0 Å². The van der Waals surface area contributed by atoms with Crippen molar-refractivity contribution in [3.8, 4) is 0 Å². The lowest BCUT2D eigenvalue weighted by atomic mass is 9.94. The molecule has 1 heterocycles. The molecular formula is C9H20N2. The number of piperidine rings is 1. The van der Waals surface area contributed by atoms with Gasteiger partial charge >= 0.3 is 0 Å². The van der Waals surface area contributed by atoms with E-state index < -0.39 is 0 Å². The highest BCUT2D eigenvalue weighted by molar-refractivity contribution is 4.85. The molecule has 2 N–H and O–H groups in total. The van der Waals surface area contributed by atoms with E-state index in [4.69, 9.17) is 5.73 Å². The van der Waals surface area contributed by atoms with E-state index in [1.807, 2.05) is 0 Å². The topological polar surface area (TPSA) is 29.3 Å². The molecule has 0 amide bonds. The Balaban J connectivity index is 2.52. The Hall–Kier alpha value is -0.0800. The highest BCUT2D eigenvalue weighted by Gasteiger charge is 2.27. The second kappa shape index (κ2) is 3.55. The van der Waals surface area contributed by atoms with Gasteiger partial charge in [0.15, 0.2) is 0 Å². The number of hydrogen-bond donors (Lipinski definition) is 1. The summed E-state index contributed by atoms with van der Waals surface area (Å²) in [4.78, 5) is 2.53. The first-order valence-corrected chi connectivity index (χ1v) is 4.66. The average Bonchev–Trinajstić information content (AvgIpc) is 1.85. The first kappa shape index (κ1) is 9.01. The Morgan fingerprint density at radius 2 is 1.73 bits per heavy atom. The van der Waals surface area contributed by atoms with Gasteiger partial charge in [0.25, 0.3) is 0 Å². The minimum Gasteiger partial charge on any atom is -0.328 e. The smallest absolute Gasteiger partial charge is 0.00843 e. The minimum absolute atomic E-state index is 0.433. The molecule has 11 heavy (non-hydrogen) atoms. The molecular weight excluding hydrogens is 136 g/mol. The molecule has 2 unspecified atom stereocenters. The van der Waals surface area contributed by atoms with Crippen molar-refractivity contribution in [1.29, 1.82) is 0 Å². The van der Waals surface area contributed by atoms with Gasteiger partial charge in [0, 0.05) is 18.1 Å². The summed E-state index contributed by atoms with van der Waals surface area (Å²) in [5, 5.41) is 0. The van der Waals surface area contributed by atoms with Crippen LogP contribution in [-0.4, -0.2) is 29.6 Å². The Labute approximate surface area is 69.8 Å². The number of nitrogens with two attached hydrogens (primary N) is 1. The van der Waals surface area contributed by atoms with E-state index in [0.29, 0.717) is 18.1 Å². The molecule has 0 aliphatic carbocycles. The normalized spacial score (nSPS) is 40.9. The van der Waals surface area contributed by atoms with E-state index in [-0.39, 0.29) is 0 Å². The third kappa shape index (κ3) is 1.94. The highest BCUT2D eigenvalue weighted by Crippen LogP contribution is 2.20. The van der Waals surface area contributed by atoms with Gasteiger partial charge in [-0.15, -0.1) is 0 Å². The van der Waals surface area contributed by atoms with Crippen LogP contribution in [0.3, 0.4) is 0 Å². The van der Waals surface area contributed by atoms with Gasteiger partial charge in [-0.2, -0.15) is 0 Å². The maximum atomic E-state index is 5.91. The first-order chi connectivity index (χ1) is 5.15. The summed E-state index contributed by atoms with van der Waals surface area (Å²) in [6.45, 7) is 7.94. The SMILES string of the molecule is CCN1C(C)CC(N)CC1C. The number of hydrogen-bond acceptors (Lipinski definition) is 2. The van der Waals surface area contributed by atoms with Crippen LogP contribution in [0, 0.1) is 0 Å². The number of nitrogens with zero attached hydrogens (tertiary/aromatic N) is 1. The molecule has 1 rings (SSSR count). The van der Waals surface area contributed by atoms with Gasteiger partial charge in [-0.05, 0) is 33.2 Å². The Morgan fingerprint density at radius 1 is 1.27 bits per heavy atom. The van der Waals surface area contributed by atoms with Crippen LogP contribution in [0.15, 0.2) is 0 Å². The quantitative estimate of drug-likeness (QED) is 0.618. The van der Waals surface area contributed by atoms with Crippen molar-refractivity contribution < 1.29 is 0 Å². The van der Waals surface area contributed by atoms with Crippen LogP contribution in [0.25, 0.3) is 0 Å². The molecule has 1 fully saturated rings. The molecule has 0 radical (unpaired) electrons. The molecule has 0 aromatic rings. The maximum absolute atomic E-state index is 5.91. The van der Waals surface area contributed by atoms with Gasteiger partial charge in [-0.25, -0.2) is 0 Å². The predicted molar refractivity (Wildman–Crippen MR) is 48.5 cm³/mol. The van der Waals surface area contributed by atoms with Crippen LogP contribution < -0.4 is 5.73 Å². The lowest BCUT2D eigenvalue weighted by Crippen LogP contribution is -2.50. The van der Waals surface area contributed by atoms with E-state index in [9.17, 15) is 0 Å². The molecule has 1 aliphatic rings. The Kier molecular flexibility index (Phi) is 2.90. The van der Waals surface area contributed by atoms with Gasteiger partial charge in [-0.3, -0.25) is 4.90 Å². The number of likely N-dealkylation sites (tertiary alicyclic amines) is 1. The van der Waals surface area contributed by atoms with Crippen molar-refractivity contribution in [1.82, 2.24) is 4.90 Å². The van der Waals surface area contributed by atoms with E-state index in [0.717, 1.165) is 19.4 Å². The second-order valence-electron chi connectivity index (χ2n) is 3.76. The molecule has 2 heteroatoms. The third-order valence-corrected chi connectivity index (χ3v) is 2.79. The van der Waals surface area contributed by atoms with Crippen LogP contribution in [0.1, 0.15) is 33.6 Å². The fourth-order valence-corrected chi connectivity index (χ4v) is 2.30. The van der Waals surface area contributed by atoms with Crippen molar-refractivity contribution in [2.45, 2.75) is 51.7 Å². The van der Waals surface area contributed by atoms with Crippen molar-refractivity contribution in [3.05, 3.63) is 0 Å². The first-order valence-electron chi connectivity index (χ1n) is 4.66. The molecule has 66 valence electrons. The molecule has 0 bridgehead atoms. The summed E-state index contributed by atoms with van der Waals surface area (Å²) in [5.41, 5.74) is 5.91. The summed E-state index contributed by atoms with van der Waals surface area (Å²) in [5.74, 6) is 0. The molecule has 1 aliphatic heterocycles. The van der Waals surface area contributed by atoms with Crippen molar-refractivity contribution in [2.75, 3.05) is 6.54 Å². The molecule has 0 spiro atoms. The van der Waals surface area contributed by atoms with Crippen LogP contribution >= 0.6 is 0 Å². The lowest BCUT2D eigenvalue weighted by Gasteiger charge is -2.40. The minimum atomic E-state index is 0.433. The van der Waals surface area contributed by atoms with Gasteiger partial charge in [0.1, 0.15) is 0 Å². The van der Waals surface area contributed by atoms with E-state index >= 15 is 0 Å². The summed E-state index contributed by atoms with van der Waals surface area (Å²) in [7, 11) is 0. The maximum Gasteiger partial charge on any atom is 0.00843 e. The molecule has 0 saturated carbocycles. The number of rotatable bonds is 1. The fraction of sp³-hybridized carbons (Fsp3) is 1.00. The Morgan fingerprint density at radius 3 is 2.09 bits per heavy atom. The standard InChI is InChI=1S/C9H20N2/c1-4-11-7(2)5-9(10)6-8(11)3/h7-9H,4-6,10H2,1-3H3. The zero-order valence-electron chi connectivity index (χ0n) is 7.88. The van der Waals surface area contributed by atoms with Gasteiger partial charge in [0.05, 0.1) is 0 Å². The molecule has 0 aromatic carbocycles. The van der Waals surface area contributed by atoms with E-state index in [2.05, 4.69) is 25.7 Å². The molecule has 1 saturated heterocycles. The van der Waals surface area contributed by atoms with Crippen LogP contribution in [0.2, 0.25) is 0 Å². The summed E-state index contributed by atoms with van der Waals surface area (Å²) in [6, 6.07) is 1.79. The second-order valence-corrected chi connectivity index (χ2v) is 3.76. The van der Waals surface area contributed by atoms with Gasteiger partial charge in [0.2, 0.25) is 0 Å². The van der Waals surface area contributed by atoms with Crippen molar-refractivity contribution >= 4 is 0 Å². The third-order valence-electron chi connectivity index (χ3n) is 2.79. The zero-order valence-corrected chi connectivity index (χ0v) is 7.88. The zero-order chi connectivity index (χ0) is 8.43. The molecule has 2 atom stereocenters. The monoisotopic (exact) mass is 156 g/mol. The summed E-state index contributed by atoms with van der Waals surface area (Å²) < 4.78 is 0. The highest BCUT2D eigenvalue weighted by atomic mass is 15.2. The lowest BCUT2D eigenvalue weighted by molar-refractivity contribution is 0.0988. The van der Waals surface area contributed by atoms with Gasteiger partial charge < -0.3 is 5.73 Å². The summed E-state index contributed by atoms with van der Waals surface area (Å²) in [6.07, 6.45) is 2.33. The van der Waals surface area contributed by atoms with Crippen molar-refractivity contribution in [2.24, 2.45) is 5.73 Å². The van der Waals surface area contributed by atoms with Crippen LogP contribution in [0.4, 0.5) is 0 Å². The largest absolute Gasteiger partial charge is 0.328 e. The van der Waals surface area contributed by atoms with E-state index in [1.54, 1.807) is 0 Å². The van der Waals surface area contributed by atoms with Crippen LogP contribution in [-0.2, 0) is 0 Å². The predicted octanol–water partition coefficient (Wildman–Crippen LogP) is 1.21. The molecule has 2 nitrogen and oxygen atoms in total. The Bertz CT molecular complexity index is 113.